The zero-order chi connectivity index (χ0) is 11.5. The molecule has 1 N–H and O–H groups in total. The minimum absolute atomic E-state index is 0.000787. The number of rotatable bonds is 5. The van der Waals surface area contributed by atoms with Gasteiger partial charge in [-0.15, -0.1) is 0 Å². The third kappa shape index (κ3) is 3.35. The molecule has 0 amide bonds. The number of carboxylic acid groups (broad SMARTS) is 1. The van der Waals surface area contributed by atoms with Gasteiger partial charge in [-0.05, 0) is 12.1 Å². The van der Waals surface area contributed by atoms with Crippen LogP contribution in [-0.2, 0) is 15.6 Å². The normalized spacial score (nSPS) is 11.5. The van der Waals surface area contributed by atoms with Crippen molar-refractivity contribution in [1.29, 1.82) is 0 Å². The summed E-state index contributed by atoms with van der Waals surface area (Å²) in [5.41, 5.74) is 0. The number of hydrogen-bond donors (Lipinski definition) is 1. The van der Waals surface area contributed by atoms with Crippen LogP contribution in [0.1, 0.15) is 16.3 Å². The molecular weight excluding hydrogens is 227 g/mol. The Morgan fingerprint density at radius 2 is 2.13 bits per heavy atom. The van der Waals surface area contributed by atoms with E-state index in [2.05, 4.69) is 0 Å². The Kier molecular flexibility index (Phi) is 3.46. The van der Waals surface area contributed by atoms with Gasteiger partial charge in [-0.25, -0.2) is 17.6 Å². The third-order valence-electron chi connectivity index (χ3n) is 1.62. The number of aromatic carboxylic acids is 1. The molecule has 1 rings (SSSR count). The van der Waals surface area contributed by atoms with Crippen LogP contribution in [0.2, 0.25) is 0 Å². The van der Waals surface area contributed by atoms with Crippen LogP contribution in [0.15, 0.2) is 16.5 Å². The number of furan rings is 1. The van der Waals surface area contributed by atoms with Gasteiger partial charge in [-0.3, -0.25) is 0 Å². The summed E-state index contributed by atoms with van der Waals surface area (Å²) in [5, 5.41) is 8.50. The second kappa shape index (κ2) is 4.43. The Hall–Kier alpha value is -1.37. The second-order valence-electron chi connectivity index (χ2n) is 2.85. The number of sulfone groups is 1. The molecule has 0 atom stereocenters. The average molecular weight is 236 g/mol. The standard InChI is InChI=1S/C8H9FO5S/c9-3-4-15(12,13)5-6-1-2-7(14-6)8(10)11/h1-2H,3-5H2,(H,10,11). The molecule has 0 bridgehead atoms. The maximum atomic E-state index is 11.8. The maximum absolute atomic E-state index is 11.8. The average Bonchev–Trinajstić information content (AvgIpc) is 2.51. The monoisotopic (exact) mass is 236 g/mol. The molecule has 0 aliphatic rings. The number of halogens is 1. The van der Waals surface area contributed by atoms with E-state index >= 15 is 0 Å². The topological polar surface area (TPSA) is 84.6 Å². The highest BCUT2D eigenvalue weighted by molar-refractivity contribution is 7.90. The summed E-state index contributed by atoms with van der Waals surface area (Å²) < 4.78 is 38.8. The molecule has 0 aliphatic carbocycles. The fourth-order valence-corrected chi connectivity index (χ4v) is 1.94. The van der Waals surface area contributed by atoms with E-state index in [-0.39, 0.29) is 11.5 Å². The molecule has 7 heteroatoms. The van der Waals surface area contributed by atoms with Gasteiger partial charge in [0.2, 0.25) is 5.76 Å². The lowest BCUT2D eigenvalue weighted by Crippen LogP contribution is -2.10. The lowest BCUT2D eigenvalue weighted by atomic mass is 10.4. The Morgan fingerprint density at radius 1 is 1.47 bits per heavy atom. The first-order valence-electron chi connectivity index (χ1n) is 4.03. The molecule has 0 unspecified atom stereocenters. The first-order chi connectivity index (χ1) is 6.94. The van der Waals surface area contributed by atoms with E-state index in [4.69, 9.17) is 9.52 Å². The van der Waals surface area contributed by atoms with Gasteiger partial charge in [0.25, 0.3) is 0 Å². The molecule has 5 nitrogen and oxygen atoms in total. The highest BCUT2D eigenvalue weighted by Gasteiger charge is 2.16. The summed E-state index contributed by atoms with van der Waals surface area (Å²) in [6, 6.07) is 2.40. The first-order valence-corrected chi connectivity index (χ1v) is 5.85. The quantitative estimate of drug-likeness (QED) is 0.819. The molecule has 0 fully saturated rings. The number of carbonyl (C=O) groups is 1. The van der Waals surface area contributed by atoms with Crippen LogP contribution in [0.25, 0.3) is 0 Å². The molecule has 1 aromatic rings. The maximum Gasteiger partial charge on any atom is 0.371 e. The molecule has 0 aliphatic heterocycles. The van der Waals surface area contributed by atoms with E-state index in [1.165, 1.54) is 6.07 Å². The van der Waals surface area contributed by atoms with Crippen LogP contribution in [0.4, 0.5) is 4.39 Å². The molecule has 0 saturated carbocycles. The van der Waals surface area contributed by atoms with Crippen LogP contribution in [0, 0.1) is 0 Å². The van der Waals surface area contributed by atoms with E-state index in [1.54, 1.807) is 0 Å². The largest absolute Gasteiger partial charge is 0.475 e. The van der Waals surface area contributed by atoms with Gasteiger partial charge < -0.3 is 9.52 Å². The summed E-state index contributed by atoms with van der Waals surface area (Å²) in [6.45, 7) is -0.963. The molecular formula is C8H9FO5S. The van der Waals surface area contributed by atoms with E-state index < -0.39 is 34.0 Å². The summed E-state index contributed by atoms with van der Waals surface area (Å²) in [5.74, 6) is -2.68. The molecule has 15 heavy (non-hydrogen) atoms. The Balaban J connectivity index is 2.77. The minimum atomic E-state index is -3.56. The Morgan fingerprint density at radius 3 is 2.60 bits per heavy atom. The molecule has 84 valence electrons. The third-order valence-corrected chi connectivity index (χ3v) is 3.12. The van der Waals surface area contributed by atoms with Crippen molar-refractivity contribution in [3.8, 4) is 0 Å². The van der Waals surface area contributed by atoms with Crippen molar-refractivity contribution >= 4 is 15.8 Å². The van der Waals surface area contributed by atoms with Crippen molar-refractivity contribution in [2.75, 3.05) is 12.4 Å². The van der Waals surface area contributed by atoms with Crippen molar-refractivity contribution in [2.45, 2.75) is 5.75 Å². The summed E-state index contributed by atoms with van der Waals surface area (Å²) >= 11 is 0. The lowest BCUT2D eigenvalue weighted by Gasteiger charge is -1.97. The van der Waals surface area contributed by atoms with E-state index in [1.807, 2.05) is 0 Å². The number of alkyl halides is 1. The van der Waals surface area contributed by atoms with Crippen LogP contribution in [0.3, 0.4) is 0 Å². The van der Waals surface area contributed by atoms with Crippen molar-refractivity contribution in [1.82, 2.24) is 0 Å². The molecule has 0 spiro atoms. The number of hydrogen-bond acceptors (Lipinski definition) is 4. The van der Waals surface area contributed by atoms with Gasteiger partial charge in [0, 0.05) is 0 Å². The summed E-state index contributed by atoms with van der Waals surface area (Å²) in [7, 11) is -3.56. The second-order valence-corrected chi connectivity index (χ2v) is 5.04. The van der Waals surface area contributed by atoms with Gasteiger partial charge in [0.15, 0.2) is 9.84 Å². The van der Waals surface area contributed by atoms with Crippen molar-refractivity contribution < 1.29 is 27.1 Å². The predicted molar refractivity (Wildman–Crippen MR) is 49.1 cm³/mol. The zero-order valence-electron chi connectivity index (χ0n) is 7.64. The summed E-state index contributed by atoms with van der Waals surface area (Å²) in [4.78, 5) is 10.4. The predicted octanol–water partition coefficient (Wildman–Crippen LogP) is 0.862. The minimum Gasteiger partial charge on any atom is -0.475 e. The van der Waals surface area contributed by atoms with E-state index in [0.717, 1.165) is 6.07 Å². The van der Waals surface area contributed by atoms with E-state index in [9.17, 15) is 17.6 Å². The summed E-state index contributed by atoms with van der Waals surface area (Å²) in [6.07, 6.45) is 0. The van der Waals surface area contributed by atoms with Gasteiger partial charge in [-0.1, -0.05) is 0 Å². The van der Waals surface area contributed by atoms with Crippen molar-refractivity contribution in [2.24, 2.45) is 0 Å². The highest BCUT2D eigenvalue weighted by atomic mass is 32.2. The highest BCUT2D eigenvalue weighted by Crippen LogP contribution is 2.11. The van der Waals surface area contributed by atoms with E-state index in [0.29, 0.717) is 0 Å². The molecule has 0 saturated heterocycles. The zero-order valence-corrected chi connectivity index (χ0v) is 8.46. The van der Waals surface area contributed by atoms with Crippen LogP contribution in [0.5, 0.6) is 0 Å². The van der Waals surface area contributed by atoms with Gasteiger partial charge >= 0.3 is 5.97 Å². The van der Waals surface area contributed by atoms with Crippen molar-refractivity contribution in [3.05, 3.63) is 23.7 Å². The Labute approximate surface area is 85.4 Å². The fourth-order valence-electron chi connectivity index (χ4n) is 0.977. The van der Waals surface area contributed by atoms with Crippen molar-refractivity contribution in [3.63, 3.8) is 0 Å². The lowest BCUT2D eigenvalue weighted by molar-refractivity contribution is 0.0660. The molecule has 1 heterocycles. The van der Waals surface area contributed by atoms with Gasteiger partial charge in [0.05, 0.1) is 5.75 Å². The fraction of sp³-hybridized carbons (Fsp3) is 0.375. The smallest absolute Gasteiger partial charge is 0.371 e. The van der Waals surface area contributed by atoms with Gasteiger partial charge in [-0.2, -0.15) is 0 Å². The Bertz CT molecular complexity index is 447. The first kappa shape index (κ1) is 11.7. The van der Waals surface area contributed by atoms with Gasteiger partial charge in [0.1, 0.15) is 18.2 Å². The van der Waals surface area contributed by atoms with Crippen LogP contribution >= 0.6 is 0 Å². The molecule has 0 radical (unpaired) electrons. The number of carboxylic acids is 1. The molecule has 0 aromatic carbocycles. The van der Waals surface area contributed by atoms with Crippen LogP contribution < -0.4 is 0 Å². The SMILES string of the molecule is O=C(O)c1ccc(CS(=O)(=O)CCF)o1. The van der Waals surface area contributed by atoms with Crippen LogP contribution in [-0.4, -0.2) is 31.9 Å². The molecule has 1 aromatic heterocycles.